The van der Waals surface area contributed by atoms with Crippen molar-refractivity contribution in [1.82, 2.24) is 24.9 Å². The van der Waals surface area contributed by atoms with Crippen molar-refractivity contribution in [2.75, 3.05) is 6.54 Å². The molecule has 0 spiro atoms. The molecule has 160 valence electrons. The summed E-state index contributed by atoms with van der Waals surface area (Å²) in [6.07, 6.45) is -2.03. The van der Waals surface area contributed by atoms with Crippen LogP contribution in [0.5, 0.6) is 0 Å². The quantitative estimate of drug-likeness (QED) is 0.581. The number of carbonyl (C=O) groups excluding carboxylic acids is 1. The lowest BCUT2D eigenvalue weighted by molar-refractivity contribution is -0.141. The Morgan fingerprint density at radius 2 is 2.00 bits per heavy atom. The molecule has 2 aromatic heterocycles. The molecule has 0 aliphatic heterocycles. The number of aryl methyl sites for hydroxylation is 2. The van der Waals surface area contributed by atoms with Crippen molar-refractivity contribution in [3.8, 4) is 0 Å². The molecule has 6 nitrogen and oxygen atoms in total. The van der Waals surface area contributed by atoms with Gasteiger partial charge in [-0.05, 0) is 55.1 Å². The molecule has 3 rings (SSSR count). The first-order valence-corrected chi connectivity index (χ1v) is 10.5. The van der Waals surface area contributed by atoms with Gasteiger partial charge in [0.05, 0.1) is 22.6 Å². The normalized spacial score (nSPS) is 15.6. The van der Waals surface area contributed by atoms with Gasteiger partial charge in [-0.2, -0.15) is 23.4 Å². The maximum atomic E-state index is 13.0. The molecule has 0 aromatic carbocycles. The van der Waals surface area contributed by atoms with E-state index in [2.05, 4.69) is 31.4 Å². The van der Waals surface area contributed by atoms with Crippen LogP contribution in [0.25, 0.3) is 0 Å². The Kier molecular flexibility index (Phi) is 6.40. The Bertz CT molecular complexity index is 885. The highest BCUT2D eigenvalue weighted by atomic mass is 79.9. The maximum absolute atomic E-state index is 13.0. The molecule has 1 amide bonds. The van der Waals surface area contributed by atoms with Gasteiger partial charge in [-0.3, -0.25) is 14.2 Å². The number of aromatic nitrogens is 4. The lowest BCUT2D eigenvalue weighted by Crippen LogP contribution is -2.33. The van der Waals surface area contributed by atoms with Gasteiger partial charge in [0.1, 0.15) is 0 Å². The van der Waals surface area contributed by atoms with E-state index in [0.29, 0.717) is 25.2 Å². The first-order chi connectivity index (χ1) is 13.6. The number of hydrogen-bond donors (Lipinski definition) is 1. The van der Waals surface area contributed by atoms with Crippen LogP contribution in [0.4, 0.5) is 13.2 Å². The summed E-state index contributed by atoms with van der Waals surface area (Å²) in [5.74, 6) is -0.546. The van der Waals surface area contributed by atoms with E-state index in [1.165, 1.54) is 4.68 Å². The molecule has 1 unspecified atom stereocenters. The summed E-state index contributed by atoms with van der Waals surface area (Å²) in [7, 11) is 0. The third-order valence-electron chi connectivity index (χ3n) is 5.13. The van der Waals surface area contributed by atoms with E-state index in [9.17, 15) is 18.0 Å². The first kappa shape index (κ1) is 21.9. The van der Waals surface area contributed by atoms with Crippen molar-refractivity contribution >= 4 is 21.8 Å². The van der Waals surface area contributed by atoms with Gasteiger partial charge in [0.15, 0.2) is 5.69 Å². The van der Waals surface area contributed by atoms with Crippen LogP contribution in [0, 0.1) is 19.8 Å². The molecule has 1 atom stereocenters. The van der Waals surface area contributed by atoms with Crippen LogP contribution in [0.1, 0.15) is 54.9 Å². The number of nitrogens with one attached hydrogen (secondary N) is 1. The molecule has 29 heavy (non-hydrogen) atoms. The molecule has 1 N–H and O–H groups in total. The second-order valence-electron chi connectivity index (χ2n) is 7.66. The average Bonchev–Trinajstić information content (AvgIpc) is 3.36. The fourth-order valence-electron chi connectivity index (χ4n) is 3.27. The fourth-order valence-corrected chi connectivity index (χ4v) is 3.56. The number of halogens is 4. The minimum absolute atomic E-state index is 0.119. The van der Waals surface area contributed by atoms with E-state index >= 15 is 0 Å². The van der Waals surface area contributed by atoms with Gasteiger partial charge in [0.2, 0.25) is 5.91 Å². The molecule has 0 radical (unpaired) electrons. The number of alkyl halides is 3. The Balaban J connectivity index is 1.52. The van der Waals surface area contributed by atoms with E-state index in [-0.39, 0.29) is 18.4 Å². The van der Waals surface area contributed by atoms with Crippen LogP contribution in [0.2, 0.25) is 0 Å². The lowest BCUT2D eigenvalue weighted by Gasteiger charge is -2.14. The van der Waals surface area contributed by atoms with Gasteiger partial charge in [-0.15, -0.1) is 0 Å². The van der Waals surface area contributed by atoms with E-state index < -0.39 is 17.8 Å². The minimum Gasteiger partial charge on any atom is -0.356 e. The van der Waals surface area contributed by atoms with Crippen LogP contribution in [0.15, 0.2) is 10.5 Å². The number of nitrogens with zero attached hydrogens (tertiary/aromatic N) is 4. The molecule has 0 bridgehead atoms. The molecule has 2 aromatic rings. The second-order valence-corrected chi connectivity index (χ2v) is 8.46. The number of rotatable bonds is 8. The van der Waals surface area contributed by atoms with Crippen molar-refractivity contribution in [3.63, 3.8) is 0 Å². The third kappa shape index (κ3) is 5.21. The monoisotopic (exact) mass is 475 g/mol. The van der Waals surface area contributed by atoms with Crippen LogP contribution >= 0.6 is 15.9 Å². The molecular formula is C19H25BrF3N5O. The van der Waals surface area contributed by atoms with E-state index in [1.807, 2.05) is 18.5 Å². The highest BCUT2D eigenvalue weighted by Gasteiger charge is 2.38. The van der Waals surface area contributed by atoms with Crippen LogP contribution in [-0.2, 0) is 24.1 Å². The zero-order chi connectivity index (χ0) is 21.3. The first-order valence-electron chi connectivity index (χ1n) is 9.70. The fraction of sp³-hybridized carbons (Fsp3) is 0.632. The summed E-state index contributed by atoms with van der Waals surface area (Å²) >= 11 is 3.49. The zero-order valence-corrected chi connectivity index (χ0v) is 18.3. The van der Waals surface area contributed by atoms with Crippen molar-refractivity contribution in [2.24, 2.45) is 5.92 Å². The Morgan fingerprint density at radius 3 is 2.55 bits per heavy atom. The molecule has 2 heterocycles. The minimum atomic E-state index is -4.47. The Hall–Kier alpha value is -1.84. The molecule has 1 saturated carbocycles. The zero-order valence-electron chi connectivity index (χ0n) is 16.7. The topological polar surface area (TPSA) is 64.7 Å². The molecule has 1 fully saturated rings. The summed E-state index contributed by atoms with van der Waals surface area (Å²) < 4.78 is 43.2. The summed E-state index contributed by atoms with van der Waals surface area (Å²) in [6, 6.07) is 1.12. The summed E-state index contributed by atoms with van der Waals surface area (Å²) in [6.45, 7) is 6.89. The SMILES string of the molecule is Cc1nn(CCCNC(=O)C(C)Cn2nc(C(F)(F)F)cc2C2CC2)c(C)c1Br. The van der Waals surface area contributed by atoms with Gasteiger partial charge < -0.3 is 5.32 Å². The van der Waals surface area contributed by atoms with Crippen LogP contribution in [-0.4, -0.2) is 32.0 Å². The van der Waals surface area contributed by atoms with Crippen molar-refractivity contribution < 1.29 is 18.0 Å². The molecule has 10 heteroatoms. The maximum Gasteiger partial charge on any atom is 0.435 e. The lowest BCUT2D eigenvalue weighted by atomic mass is 10.1. The smallest absolute Gasteiger partial charge is 0.356 e. The molecule has 0 saturated heterocycles. The Labute approximate surface area is 176 Å². The predicted octanol–water partition coefficient (Wildman–Crippen LogP) is 4.20. The van der Waals surface area contributed by atoms with Gasteiger partial charge in [0, 0.05) is 30.4 Å². The van der Waals surface area contributed by atoms with Crippen molar-refractivity contribution in [1.29, 1.82) is 0 Å². The summed E-state index contributed by atoms with van der Waals surface area (Å²) in [5.41, 5.74) is 1.65. The average molecular weight is 476 g/mol. The van der Waals surface area contributed by atoms with Gasteiger partial charge in [-0.25, -0.2) is 0 Å². The highest BCUT2D eigenvalue weighted by molar-refractivity contribution is 9.10. The number of hydrogen-bond acceptors (Lipinski definition) is 3. The van der Waals surface area contributed by atoms with Gasteiger partial charge >= 0.3 is 6.18 Å². The standard InChI is InChI=1S/C19H25BrF3N5O/c1-11(10-28-15(14-5-6-14)9-16(26-28)19(21,22)23)18(29)24-7-4-8-27-13(3)17(20)12(2)25-27/h9,11,14H,4-8,10H2,1-3H3,(H,24,29). The third-order valence-corrected chi connectivity index (χ3v) is 6.28. The van der Waals surface area contributed by atoms with E-state index in [4.69, 9.17) is 0 Å². The van der Waals surface area contributed by atoms with Gasteiger partial charge in [-0.1, -0.05) is 6.92 Å². The Morgan fingerprint density at radius 1 is 1.31 bits per heavy atom. The molecule has 1 aliphatic rings. The van der Waals surface area contributed by atoms with Crippen LogP contribution in [0.3, 0.4) is 0 Å². The number of amides is 1. The van der Waals surface area contributed by atoms with Crippen LogP contribution < -0.4 is 5.32 Å². The largest absolute Gasteiger partial charge is 0.435 e. The highest BCUT2D eigenvalue weighted by Crippen LogP contribution is 2.42. The number of carbonyl (C=O) groups is 1. The summed E-state index contributed by atoms with van der Waals surface area (Å²) in [4.78, 5) is 12.4. The summed E-state index contributed by atoms with van der Waals surface area (Å²) in [5, 5.41) is 11.0. The second kappa shape index (κ2) is 8.49. The molecular weight excluding hydrogens is 451 g/mol. The van der Waals surface area contributed by atoms with E-state index in [0.717, 1.165) is 34.8 Å². The van der Waals surface area contributed by atoms with E-state index in [1.54, 1.807) is 6.92 Å². The predicted molar refractivity (Wildman–Crippen MR) is 105 cm³/mol. The van der Waals surface area contributed by atoms with Gasteiger partial charge in [0.25, 0.3) is 0 Å². The van der Waals surface area contributed by atoms with Crippen molar-refractivity contribution in [3.05, 3.63) is 33.3 Å². The van der Waals surface area contributed by atoms with Crippen molar-refractivity contribution in [2.45, 2.75) is 65.2 Å². The molecule has 1 aliphatic carbocycles.